The van der Waals surface area contributed by atoms with E-state index in [-0.39, 0.29) is 29.6 Å². The number of aliphatic hydroxyl groups is 2. The van der Waals surface area contributed by atoms with E-state index in [4.69, 9.17) is 5.10 Å². The van der Waals surface area contributed by atoms with Crippen LogP contribution in [0.2, 0.25) is 0 Å². The maximum atomic E-state index is 12.1. The maximum Gasteiger partial charge on any atom is 0.336 e. The quantitative estimate of drug-likeness (QED) is 0.610. The Morgan fingerprint density at radius 1 is 1.26 bits per heavy atom. The lowest BCUT2D eigenvalue weighted by Crippen LogP contribution is -2.61. The normalized spacial score (nSPS) is 39.7. The standard InChI is InChI=1S/C29H36N2O4/c1-4-17-6-5-7-20(12-17)31-23-13-19-8-9-21-22-10-11-29(35,26(33)34)28(22,3)15-24(32)25(21)27(19,2)14-18(23)16-30-31/h5-7,12-13,16,21-22,24-25,32,35H,4,8-11,14-15H2,1-3H3,(H,33,34)/t21?,22?,24-,25?,27-,28-,29-/m0/s1. The van der Waals surface area contributed by atoms with E-state index in [1.807, 2.05) is 17.8 Å². The smallest absolute Gasteiger partial charge is 0.336 e. The zero-order valence-corrected chi connectivity index (χ0v) is 20.9. The van der Waals surface area contributed by atoms with Crippen LogP contribution in [0, 0.1) is 28.6 Å². The van der Waals surface area contributed by atoms with Crippen molar-refractivity contribution < 1.29 is 20.1 Å². The van der Waals surface area contributed by atoms with Gasteiger partial charge in [0, 0.05) is 5.41 Å². The number of carboxylic acid groups (broad SMARTS) is 1. The van der Waals surface area contributed by atoms with Gasteiger partial charge in [-0.2, -0.15) is 5.10 Å². The Bertz CT molecular complexity index is 1230. The number of aliphatic carboxylic acids is 1. The molecular formula is C29H36N2O4. The van der Waals surface area contributed by atoms with Gasteiger partial charge in [-0.05, 0) is 97.5 Å². The first kappa shape index (κ1) is 23.0. The van der Waals surface area contributed by atoms with Crippen LogP contribution in [0.1, 0.15) is 69.7 Å². The van der Waals surface area contributed by atoms with E-state index in [1.54, 1.807) is 0 Å². The molecule has 35 heavy (non-hydrogen) atoms. The minimum atomic E-state index is -1.76. The van der Waals surface area contributed by atoms with Gasteiger partial charge in [0.2, 0.25) is 0 Å². The highest BCUT2D eigenvalue weighted by Crippen LogP contribution is 2.67. The predicted octanol–water partition coefficient (Wildman–Crippen LogP) is 4.40. The molecule has 1 heterocycles. The third-order valence-electron chi connectivity index (χ3n) is 10.5. The number of fused-ring (bicyclic) bond motifs is 6. The topological polar surface area (TPSA) is 95.6 Å². The average molecular weight is 477 g/mol. The summed E-state index contributed by atoms with van der Waals surface area (Å²) >= 11 is 0. The van der Waals surface area contributed by atoms with Crippen molar-refractivity contribution in [3.63, 3.8) is 0 Å². The highest BCUT2D eigenvalue weighted by atomic mass is 16.4. The molecule has 0 saturated heterocycles. The summed E-state index contributed by atoms with van der Waals surface area (Å²) in [5.41, 5.74) is 3.32. The number of hydrogen-bond acceptors (Lipinski definition) is 4. The molecule has 1 aromatic heterocycles. The SMILES string of the molecule is CCc1cccc(-n2ncc3c2C=C2CCC4C([C@@H](O)C[C@@]5(C)C4CC[C@]5(O)C(=O)O)[C@@]2(C)C3)c1. The fourth-order valence-electron chi connectivity index (χ4n) is 8.65. The number of hydrogen-bond donors (Lipinski definition) is 3. The van der Waals surface area contributed by atoms with Crippen LogP contribution >= 0.6 is 0 Å². The molecule has 4 aliphatic rings. The van der Waals surface area contributed by atoms with Crippen molar-refractivity contribution in [3.05, 3.63) is 52.9 Å². The van der Waals surface area contributed by atoms with Crippen molar-refractivity contribution in [2.24, 2.45) is 28.6 Å². The number of carboxylic acids is 1. The summed E-state index contributed by atoms with van der Waals surface area (Å²) in [5.74, 6) is -0.775. The number of carbonyl (C=O) groups is 1. The third kappa shape index (κ3) is 2.96. The molecule has 0 spiro atoms. The molecule has 6 rings (SSSR count). The molecule has 3 unspecified atom stereocenters. The maximum absolute atomic E-state index is 12.1. The highest BCUT2D eigenvalue weighted by Gasteiger charge is 2.68. The lowest BCUT2D eigenvalue weighted by molar-refractivity contribution is -0.193. The van der Waals surface area contributed by atoms with Crippen molar-refractivity contribution in [3.8, 4) is 5.69 Å². The second-order valence-electron chi connectivity index (χ2n) is 12.0. The molecule has 7 atom stereocenters. The van der Waals surface area contributed by atoms with E-state index in [1.165, 1.54) is 16.7 Å². The van der Waals surface area contributed by atoms with Gasteiger partial charge >= 0.3 is 5.97 Å². The summed E-state index contributed by atoms with van der Waals surface area (Å²) in [5, 5.41) is 37.4. The van der Waals surface area contributed by atoms with Gasteiger partial charge in [0.15, 0.2) is 5.60 Å². The second-order valence-corrected chi connectivity index (χ2v) is 12.0. The van der Waals surface area contributed by atoms with Crippen molar-refractivity contribution in [2.45, 2.75) is 77.4 Å². The Morgan fingerprint density at radius 3 is 2.80 bits per heavy atom. The molecule has 0 aliphatic heterocycles. The van der Waals surface area contributed by atoms with Crippen LogP contribution in [0.4, 0.5) is 0 Å². The van der Waals surface area contributed by atoms with Gasteiger partial charge in [-0.15, -0.1) is 0 Å². The molecule has 0 radical (unpaired) electrons. The van der Waals surface area contributed by atoms with Gasteiger partial charge in [0.1, 0.15) is 0 Å². The van der Waals surface area contributed by atoms with Gasteiger partial charge in [-0.1, -0.05) is 38.5 Å². The zero-order chi connectivity index (χ0) is 24.8. The van der Waals surface area contributed by atoms with Gasteiger partial charge < -0.3 is 15.3 Å². The summed E-state index contributed by atoms with van der Waals surface area (Å²) in [4.78, 5) is 12.1. The lowest BCUT2D eigenvalue weighted by Gasteiger charge is -2.60. The fourth-order valence-corrected chi connectivity index (χ4v) is 8.65. The van der Waals surface area contributed by atoms with Gasteiger partial charge in [-0.25, -0.2) is 9.48 Å². The monoisotopic (exact) mass is 476 g/mol. The number of rotatable bonds is 3. The van der Waals surface area contributed by atoms with Crippen LogP contribution in [0.15, 0.2) is 36.0 Å². The van der Waals surface area contributed by atoms with Crippen molar-refractivity contribution in [1.82, 2.24) is 9.78 Å². The summed E-state index contributed by atoms with van der Waals surface area (Å²) in [6, 6.07) is 8.53. The number of benzene rings is 1. The second kappa shape index (κ2) is 7.53. The number of nitrogens with zero attached hydrogens (tertiary/aromatic N) is 2. The Labute approximate surface area is 206 Å². The van der Waals surface area contributed by atoms with Crippen LogP contribution in [0.5, 0.6) is 0 Å². The first-order valence-corrected chi connectivity index (χ1v) is 13.1. The molecule has 6 heteroatoms. The van der Waals surface area contributed by atoms with E-state index in [9.17, 15) is 20.1 Å². The molecule has 0 amide bonds. The largest absolute Gasteiger partial charge is 0.479 e. The van der Waals surface area contributed by atoms with E-state index in [0.717, 1.165) is 37.1 Å². The van der Waals surface area contributed by atoms with E-state index >= 15 is 0 Å². The molecule has 186 valence electrons. The zero-order valence-electron chi connectivity index (χ0n) is 20.9. The number of aryl methyl sites for hydroxylation is 1. The number of aromatic nitrogens is 2. The van der Waals surface area contributed by atoms with Gasteiger partial charge in [0.05, 0.1) is 23.7 Å². The predicted molar refractivity (Wildman–Crippen MR) is 133 cm³/mol. The lowest BCUT2D eigenvalue weighted by atomic mass is 9.45. The molecule has 3 saturated carbocycles. The minimum Gasteiger partial charge on any atom is -0.479 e. The first-order chi connectivity index (χ1) is 16.6. The Balaban J connectivity index is 1.38. The number of allylic oxidation sites excluding steroid dienone is 1. The molecule has 3 N–H and O–H groups in total. The van der Waals surface area contributed by atoms with E-state index < -0.39 is 23.1 Å². The van der Waals surface area contributed by atoms with Crippen LogP contribution in [0.3, 0.4) is 0 Å². The van der Waals surface area contributed by atoms with Crippen molar-refractivity contribution in [1.29, 1.82) is 0 Å². The molecule has 3 fully saturated rings. The number of aliphatic hydroxyl groups excluding tert-OH is 1. The molecule has 0 bridgehead atoms. The Morgan fingerprint density at radius 2 is 2.06 bits per heavy atom. The van der Waals surface area contributed by atoms with Crippen LogP contribution < -0.4 is 0 Å². The van der Waals surface area contributed by atoms with Crippen molar-refractivity contribution in [2.75, 3.05) is 0 Å². The summed E-state index contributed by atoms with van der Waals surface area (Å²) < 4.78 is 2.05. The first-order valence-electron chi connectivity index (χ1n) is 13.1. The van der Waals surface area contributed by atoms with E-state index in [2.05, 4.69) is 44.2 Å². The molecule has 1 aromatic carbocycles. The molecule has 4 aliphatic carbocycles. The summed E-state index contributed by atoms with van der Waals surface area (Å²) in [6.07, 6.45) is 8.62. The summed E-state index contributed by atoms with van der Waals surface area (Å²) in [6.45, 7) is 6.35. The van der Waals surface area contributed by atoms with E-state index in [0.29, 0.717) is 12.8 Å². The van der Waals surface area contributed by atoms with Crippen molar-refractivity contribution >= 4 is 12.0 Å². The fraction of sp³-hybridized carbons (Fsp3) is 0.586. The average Bonchev–Trinajstić information content (AvgIpc) is 3.35. The molecular weight excluding hydrogens is 440 g/mol. The summed E-state index contributed by atoms with van der Waals surface area (Å²) in [7, 11) is 0. The Hall–Kier alpha value is -2.44. The van der Waals surface area contributed by atoms with Crippen LogP contribution in [0.25, 0.3) is 11.8 Å². The third-order valence-corrected chi connectivity index (χ3v) is 10.5. The van der Waals surface area contributed by atoms with Crippen LogP contribution in [-0.4, -0.2) is 42.8 Å². The highest BCUT2D eigenvalue weighted by molar-refractivity contribution is 5.79. The molecule has 6 nitrogen and oxygen atoms in total. The minimum absolute atomic E-state index is 0.0524. The van der Waals surface area contributed by atoms with Gasteiger partial charge in [-0.3, -0.25) is 0 Å². The van der Waals surface area contributed by atoms with Crippen LogP contribution in [-0.2, 0) is 17.6 Å². The molecule has 2 aromatic rings. The Kier molecular flexibility index (Phi) is 4.95. The van der Waals surface area contributed by atoms with Gasteiger partial charge in [0.25, 0.3) is 0 Å².